The molecule has 0 saturated heterocycles. The number of nitrogens with one attached hydrogen (secondary N) is 2. The SMILES string of the molecule is N=C(c1cccc(-c2nc(-c3ccccc3)nc(-c3ccccc3)n2)n1)c1ccccc1Nc1ccccc1. The highest BCUT2D eigenvalue weighted by Crippen LogP contribution is 2.26. The van der Waals surface area contributed by atoms with Gasteiger partial charge in [0.1, 0.15) is 5.69 Å². The first-order chi connectivity index (χ1) is 19.2. The van der Waals surface area contributed by atoms with Crippen molar-refractivity contribution in [3.63, 3.8) is 0 Å². The summed E-state index contributed by atoms with van der Waals surface area (Å²) in [6, 6.07) is 42.9. The van der Waals surface area contributed by atoms with E-state index in [4.69, 9.17) is 25.3 Å². The highest BCUT2D eigenvalue weighted by molar-refractivity contribution is 6.13. The van der Waals surface area contributed by atoms with Crippen molar-refractivity contribution in [2.24, 2.45) is 0 Å². The Morgan fingerprint density at radius 3 is 1.67 bits per heavy atom. The topological polar surface area (TPSA) is 87.4 Å². The summed E-state index contributed by atoms with van der Waals surface area (Å²) >= 11 is 0. The monoisotopic (exact) mass is 504 g/mol. The molecular formula is C33H24N6. The molecule has 6 rings (SSSR count). The number of benzene rings is 4. The molecular weight excluding hydrogens is 480 g/mol. The van der Waals surface area contributed by atoms with Crippen LogP contribution in [0, 0.1) is 5.41 Å². The molecule has 0 bridgehead atoms. The standard InChI is InChI=1S/C33H24N6/c34-30(26-19-10-11-20-27(26)35-25-17-8-3-9-18-25)28-21-12-22-29(36-28)33-38-31(23-13-4-1-5-14-23)37-32(39-33)24-15-6-2-7-16-24/h1-22,34-35H. The van der Waals surface area contributed by atoms with E-state index in [1.165, 1.54) is 0 Å². The van der Waals surface area contributed by atoms with Gasteiger partial charge in [-0.25, -0.2) is 19.9 Å². The van der Waals surface area contributed by atoms with Gasteiger partial charge < -0.3 is 5.32 Å². The zero-order valence-corrected chi connectivity index (χ0v) is 21.0. The normalized spacial score (nSPS) is 10.7. The van der Waals surface area contributed by atoms with Crippen LogP contribution in [-0.4, -0.2) is 25.6 Å². The summed E-state index contributed by atoms with van der Waals surface area (Å²) in [5.74, 6) is 1.59. The quantitative estimate of drug-likeness (QED) is 0.221. The van der Waals surface area contributed by atoms with Crippen molar-refractivity contribution in [3.8, 4) is 34.3 Å². The third kappa shape index (κ3) is 5.31. The van der Waals surface area contributed by atoms with E-state index < -0.39 is 0 Å². The largest absolute Gasteiger partial charge is 0.355 e. The van der Waals surface area contributed by atoms with Gasteiger partial charge >= 0.3 is 0 Å². The second-order valence-corrected chi connectivity index (χ2v) is 8.86. The van der Waals surface area contributed by atoms with Gasteiger partial charge in [-0.05, 0) is 30.3 Å². The van der Waals surface area contributed by atoms with Crippen LogP contribution < -0.4 is 5.32 Å². The summed E-state index contributed by atoms with van der Waals surface area (Å²) in [4.78, 5) is 19.1. The number of anilines is 2. The molecule has 0 atom stereocenters. The number of nitrogens with zero attached hydrogens (tertiary/aromatic N) is 4. The van der Waals surface area contributed by atoms with Gasteiger partial charge in [-0.2, -0.15) is 0 Å². The van der Waals surface area contributed by atoms with Crippen LogP contribution in [-0.2, 0) is 0 Å². The van der Waals surface area contributed by atoms with Gasteiger partial charge in [-0.15, -0.1) is 0 Å². The molecule has 0 aliphatic carbocycles. The maximum absolute atomic E-state index is 9.03. The van der Waals surface area contributed by atoms with Gasteiger partial charge in [0, 0.05) is 28.1 Å². The van der Waals surface area contributed by atoms with E-state index in [9.17, 15) is 0 Å². The Balaban J connectivity index is 1.40. The van der Waals surface area contributed by atoms with E-state index in [-0.39, 0.29) is 0 Å². The van der Waals surface area contributed by atoms with Crippen LogP contribution in [0.3, 0.4) is 0 Å². The molecule has 4 aromatic carbocycles. The van der Waals surface area contributed by atoms with Gasteiger partial charge in [0.2, 0.25) is 0 Å². The molecule has 0 unspecified atom stereocenters. The molecule has 0 spiro atoms. The molecule has 0 fully saturated rings. The fourth-order valence-electron chi connectivity index (χ4n) is 4.25. The average Bonchev–Trinajstić information content (AvgIpc) is 3.02. The zero-order valence-electron chi connectivity index (χ0n) is 21.0. The molecule has 0 amide bonds. The van der Waals surface area contributed by atoms with E-state index >= 15 is 0 Å². The lowest BCUT2D eigenvalue weighted by molar-refractivity contribution is 1.06. The van der Waals surface area contributed by atoms with Gasteiger partial charge in [-0.1, -0.05) is 103 Å². The van der Waals surface area contributed by atoms with Crippen LogP contribution in [0.15, 0.2) is 133 Å². The molecule has 6 aromatic rings. The fraction of sp³-hybridized carbons (Fsp3) is 0. The predicted molar refractivity (Wildman–Crippen MR) is 156 cm³/mol. The lowest BCUT2D eigenvalue weighted by Crippen LogP contribution is -2.09. The first-order valence-corrected chi connectivity index (χ1v) is 12.6. The predicted octanol–water partition coefficient (Wildman–Crippen LogP) is 7.43. The van der Waals surface area contributed by atoms with Crippen LogP contribution in [0.5, 0.6) is 0 Å². The molecule has 39 heavy (non-hydrogen) atoms. The highest BCUT2D eigenvalue weighted by Gasteiger charge is 2.16. The van der Waals surface area contributed by atoms with E-state index in [1.807, 2.05) is 133 Å². The van der Waals surface area contributed by atoms with Crippen LogP contribution in [0.2, 0.25) is 0 Å². The second-order valence-electron chi connectivity index (χ2n) is 8.86. The Labute approximate surface area is 226 Å². The van der Waals surface area contributed by atoms with E-state index in [2.05, 4.69) is 5.32 Å². The molecule has 0 aliphatic rings. The molecule has 2 aromatic heterocycles. The summed E-state index contributed by atoms with van der Waals surface area (Å²) in [5, 5.41) is 12.5. The minimum absolute atomic E-state index is 0.302. The van der Waals surface area contributed by atoms with Gasteiger partial charge in [-0.3, -0.25) is 5.41 Å². The molecule has 2 N–H and O–H groups in total. The number of rotatable bonds is 7. The number of hydrogen-bond donors (Lipinski definition) is 2. The van der Waals surface area contributed by atoms with E-state index in [1.54, 1.807) is 0 Å². The van der Waals surface area contributed by atoms with Crippen molar-refractivity contribution < 1.29 is 0 Å². The average molecular weight is 505 g/mol. The van der Waals surface area contributed by atoms with Crippen molar-refractivity contribution in [2.45, 2.75) is 0 Å². The Kier molecular flexibility index (Phi) is 6.65. The lowest BCUT2D eigenvalue weighted by Gasteiger charge is -2.13. The highest BCUT2D eigenvalue weighted by atomic mass is 15.0. The maximum atomic E-state index is 9.03. The van der Waals surface area contributed by atoms with Crippen molar-refractivity contribution in [2.75, 3.05) is 5.32 Å². The van der Waals surface area contributed by atoms with Gasteiger partial charge in [0.25, 0.3) is 0 Å². The first-order valence-electron chi connectivity index (χ1n) is 12.6. The summed E-state index contributed by atoms with van der Waals surface area (Å²) in [6.45, 7) is 0. The Bertz CT molecular complexity index is 1680. The Morgan fingerprint density at radius 1 is 0.487 bits per heavy atom. The van der Waals surface area contributed by atoms with Crippen LogP contribution >= 0.6 is 0 Å². The Hall–Kier alpha value is -5.49. The minimum atomic E-state index is 0.302. The third-order valence-corrected chi connectivity index (χ3v) is 6.18. The van der Waals surface area contributed by atoms with Gasteiger partial charge in [0.15, 0.2) is 17.5 Å². The van der Waals surface area contributed by atoms with Gasteiger partial charge in [0.05, 0.1) is 11.4 Å². The summed E-state index contributed by atoms with van der Waals surface area (Å²) in [7, 11) is 0. The maximum Gasteiger partial charge on any atom is 0.182 e. The van der Waals surface area contributed by atoms with Crippen molar-refractivity contribution in [3.05, 3.63) is 145 Å². The number of pyridine rings is 1. The van der Waals surface area contributed by atoms with Crippen LogP contribution in [0.4, 0.5) is 11.4 Å². The molecule has 6 nitrogen and oxygen atoms in total. The van der Waals surface area contributed by atoms with E-state index in [0.717, 1.165) is 28.1 Å². The van der Waals surface area contributed by atoms with Crippen LogP contribution in [0.1, 0.15) is 11.3 Å². The van der Waals surface area contributed by atoms with Crippen LogP contribution in [0.25, 0.3) is 34.3 Å². The molecule has 0 saturated carbocycles. The fourth-order valence-corrected chi connectivity index (χ4v) is 4.25. The molecule has 0 radical (unpaired) electrons. The lowest BCUT2D eigenvalue weighted by atomic mass is 10.0. The summed E-state index contributed by atoms with van der Waals surface area (Å²) < 4.78 is 0. The van der Waals surface area contributed by atoms with Crippen molar-refractivity contribution >= 4 is 17.1 Å². The smallest absolute Gasteiger partial charge is 0.182 e. The second kappa shape index (κ2) is 10.9. The summed E-state index contributed by atoms with van der Waals surface area (Å²) in [6.07, 6.45) is 0. The number of hydrogen-bond acceptors (Lipinski definition) is 6. The van der Waals surface area contributed by atoms with E-state index in [0.29, 0.717) is 34.6 Å². The Morgan fingerprint density at radius 2 is 1.03 bits per heavy atom. The van der Waals surface area contributed by atoms with Crippen molar-refractivity contribution in [1.82, 2.24) is 19.9 Å². The molecule has 6 heteroatoms. The molecule has 0 aliphatic heterocycles. The van der Waals surface area contributed by atoms with Crippen molar-refractivity contribution in [1.29, 1.82) is 5.41 Å². The minimum Gasteiger partial charge on any atom is -0.355 e. The third-order valence-electron chi connectivity index (χ3n) is 6.18. The molecule has 186 valence electrons. The molecule has 2 heterocycles. The summed E-state index contributed by atoms with van der Waals surface area (Å²) in [5.41, 5.74) is 5.71. The number of aromatic nitrogens is 4. The first kappa shape index (κ1) is 23.9. The zero-order chi connectivity index (χ0) is 26.4. The number of para-hydroxylation sites is 2.